The number of nitrogens with one attached hydrogen (secondary N) is 1. The van der Waals surface area contributed by atoms with Crippen molar-refractivity contribution >= 4 is 27.2 Å². The van der Waals surface area contributed by atoms with Crippen LogP contribution in [0, 0.1) is 0 Å². The molecule has 4 heterocycles. The molecule has 0 spiro atoms. The number of fused-ring (bicyclic) bond motifs is 1. The van der Waals surface area contributed by atoms with Crippen molar-refractivity contribution in [2.75, 3.05) is 18.5 Å². The number of hydrogen-bond acceptors (Lipinski definition) is 9. The summed E-state index contributed by atoms with van der Waals surface area (Å²) in [7, 11) is -3.75. The van der Waals surface area contributed by atoms with Crippen molar-refractivity contribution in [1.29, 1.82) is 0 Å². The van der Waals surface area contributed by atoms with E-state index in [1.165, 1.54) is 10.8 Å². The highest BCUT2D eigenvalue weighted by Gasteiger charge is 2.28. The van der Waals surface area contributed by atoms with Crippen LogP contribution < -0.4 is 5.73 Å². The number of rotatable bonds is 11. The van der Waals surface area contributed by atoms with Crippen LogP contribution in [-0.2, 0) is 16.3 Å². The number of nitrogens with zero attached hydrogens (tertiary/aromatic N) is 7. The number of nitrogens with two attached hydrogens (primary N) is 1. The van der Waals surface area contributed by atoms with Crippen LogP contribution in [0.4, 0.5) is 5.82 Å². The third kappa shape index (κ3) is 5.73. The molecule has 0 unspecified atom stereocenters. The molecule has 0 saturated carbocycles. The Morgan fingerprint density at radius 3 is 2.48 bits per heavy atom. The molecule has 0 bridgehead atoms. The van der Waals surface area contributed by atoms with Gasteiger partial charge in [-0.05, 0) is 31.7 Å². The number of carbonyl (C=O) groups is 1. The zero-order chi connectivity index (χ0) is 29.9. The van der Waals surface area contributed by atoms with Gasteiger partial charge in [0.25, 0.3) is 5.91 Å². The summed E-state index contributed by atoms with van der Waals surface area (Å²) in [6, 6.07) is 13.5. The Bertz CT molecular complexity index is 1790. The zero-order valence-electron chi connectivity index (χ0n) is 23.7. The maximum Gasteiger partial charge on any atom is 0.291 e. The first-order valence-electron chi connectivity index (χ1n) is 13.8. The number of sulfone groups is 1. The molecule has 42 heavy (non-hydrogen) atoms. The number of anilines is 1. The first-order chi connectivity index (χ1) is 20.2. The van der Waals surface area contributed by atoms with Crippen LogP contribution in [0.25, 0.3) is 28.0 Å². The van der Waals surface area contributed by atoms with E-state index in [0.717, 1.165) is 29.5 Å². The Morgan fingerprint density at radius 2 is 1.86 bits per heavy atom. The maximum absolute atomic E-state index is 13.2. The molecule has 3 N–H and O–H groups in total. The number of aryl methyl sites for hydroxylation is 1. The number of hydrogen-bond donors (Lipinski definition) is 2. The molecule has 0 radical (unpaired) electrons. The molecule has 13 heteroatoms. The highest BCUT2D eigenvalue weighted by Crippen LogP contribution is 2.31. The lowest BCUT2D eigenvalue weighted by molar-refractivity contribution is 0.0650. The van der Waals surface area contributed by atoms with Gasteiger partial charge in [0, 0.05) is 41.7 Å². The van der Waals surface area contributed by atoms with Crippen molar-refractivity contribution in [3.63, 3.8) is 0 Å². The van der Waals surface area contributed by atoms with Gasteiger partial charge in [-0.1, -0.05) is 50.2 Å². The van der Waals surface area contributed by atoms with Gasteiger partial charge in [0.1, 0.15) is 17.0 Å². The molecule has 218 valence electrons. The quantitative estimate of drug-likeness (QED) is 0.234. The van der Waals surface area contributed by atoms with E-state index < -0.39 is 9.84 Å². The van der Waals surface area contributed by atoms with Gasteiger partial charge >= 0.3 is 0 Å². The third-order valence-corrected chi connectivity index (χ3v) is 8.38. The van der Waals surface area contributed by atoms with Crippen LogP contribution in [0.3, 0.4) is 0 Å². The van der Waals surface area contributed by atoms with E-state index in [-0.39, 0.29) is 34.9 Å². The summed E-state index contributed by atoms with van der Waals surface area (Å²) >= 11 is 0. The van der Waals surface area contributed by atoms with Crippen LogP contribution in [0.2, 0.25) is 0 Å². The predicted molar refractivity (Wildman–Crippen MR) is 159 cm³/mol. The minimum atomic E-state index is -3.75. The summed E-state index contributed by atoms with van der Waals surface area (Å²) in [5, 5.41) is 10.8. The van der Waals surface area contributed by atoms with Crippen molar-refractivity contribution in [2.45, 2.75) is 50.5 Å². The fourth-order valence-electron chi connectivity index (χ4n) is 5.18. The predicted octanol–water partition coefficient (Wildman–Crippen LogP) is 3.83. The lowest BCUT2D eigenvalue weighted by Gasteiger charge is -2.30. The summed E-state index contributed by atoms with van der Waals surface area (Å²) in [5.74, 6) is -0.0934. The average molecular weight is 588 g/mol. The van der Waals surface area contributed by atoms with Crippen LogP contribution >= 0.6 is 0 Å². The van der Waals surface area contributed by atoms with E-state index in [0.29, 0.717) is 36.3 Å². The molecule has 5 rings (SSSR count). The smallest absolute Gasteiger partial charge is 0.291 e. The van der Waals surface area contributed by atoms with Gasteiger partial charge in [-0.15, -0.1) is 0 Å². The van der Waals surface area contributed by atoms with Crippen molar-refractivity contribution in [2.24, 2.45) is 0 Å². The summed E-state index contributed by atoms with van der Waals surface area (Å²) in [6.07, 6.45) is 7.92. The van der Waals surface area contributed by atoms with E-state index in [2.05, 4.69) is 25.3 Å². The van der Waals surface area contributed by atoms with E-state index >= 15 is 0 Å². The fraction of sp³-hybridized carbons (Fsp3) is 0.310. The summed E-state index contributed by atoms with van der Waals surface area (Å²) in [4.78, 5) is 28.3. The molecule has 5 aromatic rings. The van der Waals surface area contributed by atoms with E-state index in [9.17, 15) is 13.2 Å². The van der Waals surface area contributed by atoms with Crippen LogP contribution in [-0.4, -0.2) is 72.8 Å². The first kappa shape index (κ1) is 28.9. The highest BCUT2D eigenvalue weighted by molar-refractivity contribution is 7.91. The number of nitrogen functional groups attached to an aromatic ring is 1. The van der Waals surface area contributed by atoms with Gasteiger partial charge in [-0.25, -0.2) is 18.4 Å². The van der Waals surface area contributed by atoms with E-state index in [1.807, 2.05) is 56.3 Å². The van der Waals surface area contributed by atoms with Gasteiger partial charge in [0.15, 0.2) is 15.5 Å². The standard InChI is InChI=1S/C29H33N9O3S/c1-4-15-37(29(39)27-32-18-33-36-27)21(5-2)12-14-24-25(42(3,40)41)26(30)38-28(35-24)22(17-34-38)20-11-13-23(31-16-20)19-9-7-6-8-10-19/h6-11,13,16-18,21H,4-5,12,14-15,30H2,1-3H3,(H,32,33,36)/t21-/m1/s1. The van der Waals surface area contributed by atoms with Crippen LogP contribution in [0.15, 0.2) is 66.1 Å². The topological polar surface area (TPSA) is 165 Å². The number of benzene rings is 1. The molecule has 0 aliphatic heterocycles. The van der Waals surface area contributed by atoms with Crippen LogP contribution in [0.5, 0.6) is 0 Å². The maximum atomic E-state index is 13.2. The molecular formula is C29H33N9O3S. The number of H-pyrrole nitrogens is 1. The Morgan fingerprint density at radius 1 is 1.07 bits per heavy atom. The van der Waals surface area contributed by atoms with Gasteiger partial charge in [0.2, 0.25) is 5.82 Å². The molecule has 0 aliphatic rings. The average Bonchev–Trinajstić information content (AvgIpc) is 3.67. The molecule has 1 aromatic carbocycles. The zero-order valence-corrected chi connectivity index (χ0v) is 24.5. The number of aromatic amines is 1. The Balaban J connectivity index is 1.51. The number of carbonyl (C=O) groups excluding carboxylic acids is 1. The Kier molecular flexibility index (Phi) is 8.29. The fourth-order valence-corrected chi connectivity index (χ4v) is 6.22. The molecule has 0 fully saturated rings. The minimum absolute atomic E-state index is 0.00573. The molecular weight excluding hydrogens is 554 g/mol. The van der Waals surface area contributed by atoms with Crippen molar-refractivity contribution in [1.82, 2.24) is 39.7 Å². The molecule has 1 amide bonds. The first-order valence-corrected chi connectivity index (χ1v) is 15.7. The number of aromatic nitrogens is 7. The number of amides is 1. The minimum Gasteiger partial charge on any atom is -0.382 e. The Hall–Kier alpha value is -4.65. The van der Waals surface area contributed by atoms with Crippen molar-refractivity contribution < 1.29 is 13.2 Å². The summed E-state index contributed by atoms with van der Waals surface area (Å²) < 4.78 is 27.2. The normalized spacial score (nSPS) is 12.5. The number of pyridine rings is 1. The van der Waals surface area contributed by atoms with Gasteiger partial charge in [-0.2, -0.15) is 14.7 Å². The molecule has 12 nitrogen and oxygen atoms in total. The molecule has 0 aliphatic carbocycles. The summed E-state index contributed by atoms with van der Waals surface area (Å²) in [6.45, 7) is 4.50. The SMILES string of the molecule is CCCN(C(=O)c1ncn[nH]1)[C@H](CC)CCc1nc2c(-c3ccc(-c4ccccc4)nc3)cnn2c(N)c1S(C)(=O)=O. The van der Waals surface area contributed by atoms with Crippen molar-refractivity contribution in [3.05, 3.63) is 72.7 Å². The third-order valence-electron chi connectivity index (χ3n) is 7.19. The second-order valence-corrected chi connectivity index (χ2v) is 12.0. The highest BCUT2D eigenvalue weighted by atomic mass is 32.2. The Labute approximate surface area is 244 Å². The van der Waals surface area contributed by atoms with Crippen LogP contribution in [0.1, 0.15) is 49.4 Å². The molecule has 4 aromatic heterocycles. The molecule has 0 saturated heterocycles. The van der Waals surface area contributed by atoms with E-state index in [4.69, 9.17) is 10.7 Å². The second kappa shape index (κ2) is 12.1. The van der Waals surface area contributed by atoms with Gasteiger partial charge in [-0.3, -0.25) is 14.9 Å². The monoisotopic (exact) mass is 587 g/mol. The molecule has 1 atom stereocenters. The van der Waals surface area contributed by atoms with Gasteiger partial charge in [0.05, 0.1) is 17.6 Å². The van der Waals surface area contributed by atoms with E-state index in [1.54, 1.807) is 17.3 Å². The van der Waals surface area contributed by atoms with Gasteiger partial charge < -0.3 is 10.6 Å². The van der Waals surface area contributed by atoms with Crippen molar-refractivity contribution in [3.8, 4) is 22.4 Å². The largest absolute Gasteiger partial charge is 0.382 e. The lowest BCUT2D eigenvalue weighted by Crippen LogP contribution is -2.41. The lowest BCUT2D eigenvalue weighted by atomic mass is 10.0. The second-order valence-electron chi connectivity index (χ2n) is 10.1. The summed E-state index contributed by atoms with van der Waals surface area (Å²) in [5.41, 5.74) is 10.5.